The van der Waals surface area contributed by atoms with Gasteiger partial charge in [0.05, 0.1) is 34.5 Å². The lowest BCUT2D eigenvalue weighted by Crippen LogP contribution is -2.40. The minimum Gasteiger partial charge on any atom is -0.497 e. The third-order valence-electron chi connectivity index (χ3n) is 5.27. The number of aliphatic hydroxyl groups is 1. The maximum atomic E-state index is 13.3. The molecule has 2 amide bonds. The molecule has 1 atom stereocenters. The Labute approximate surface area is 208 Å². The molecule has 8 nitrogen and oxygen atoms in total. The van der Waals surface area contributed by atoms with Gasteiger partial charge >= 0.3 is 6.03 Å². The van der Waals surface area contributed by atoms with E-state index in [1.807, 2.05) is 6.92 Å². The van der Waals surface area contributed by atoms with E-state index in [4.69, 9.17) is 27.9 Å². The van der Waals surface area contributed by atoms with Crippen LogP contribution in [0.15, 0.2) is 54.7 Å². The van der Waals surface area contributed by atoms with Gasteiger partial charge in [0, 0.05) is 18.8 Å². The van der Waals surface area contributed by atoms with E-state index >= 15 is 0 Å². The molecule has 0 fully saturated rings. The van der Waals surface area contributed by atoms with Crippen LogP contribution in [0.4, 0.5) is 22.2 Å². The first-order valence-corrected chi connectivity index (χ1v) is 11.3. The lowest BCUT2D eigenvalue weighted by molar-refractivity contribution is 0.0646. The van der Waals surface area contributed by atoms with Crippen LogP contribution >= 0.6 is 23.2 Å². The number of benzene rings is 2. The highest BCUT2D eigenvalue weighted by Gasteiger charge is 2.24. The van der Waals surface area contributed by atoms with Gasteiger partial charge in [0.1, 0.15) is 11.6 Å². The second-order valence-corrected chi connectivity index (χ2v) is 8.95. The number of urea groups is 1. The number of aromatic nitrogens is 2. The molecule has 0 aliphatic heterocycles. The van der Waals surface area contributed by atoms with Gasteiger partial charge in [-0.15, -0.1) is 0 Å². The summed E-state index contributed by atoms with van der Waals surface area (Å²) in [7, 11) is 1.57. The molecule has 1 aromatic heterocycles. The Hall–Kier alpha value is -3.07. The SMILES string of the molecule is COc1ccc(N(C(=O)NCc2cccc(Cl)c2Cl)c2ccnc(N[C@@H](C)C(C)(C)O)n2)cc1. The molecule has 0 spiro atoms. The minimum absolute atomic E-state index is 0.163. The standard InChI is InChI=1S/C24H27Cl2N5O3/c1-15(24(2,3)33)29-22-27-13-12-20(30-22)31(17-8-10-18(34-4)11-9-17)23(32)28-14-16-6-5-7-19(25)21(16)26/h5-13,15,33H,14H2,1-4H3,(H,28,32)(H,27,29,30)/t15-/m0/s1. The summed E-state index contributed by atoms with van der Waals surface area (Å²) < 4.78 is 5.23. The van der Waals surface area contributed by atoms with Gasteiger partial charge in [-0.2, -0.15) is 4.98 Å². The molecular weight excluding hydrogens is 477 g/mol. The normalized spacial score (nSPS) is 12.1. The molecule has 0 aliphatic rings. The molecule has 180 valence electrons. The molecule has 0 aliphatic carbocycles. The number of nitrogens with zero attached hydrogens (tertiary/aromatic N) is 3. The van der Waals surface area contributed by atoms with Crippen LogP contribution in [0.3, 0.4) is 0 Å². The number of carbonyl (C=O) groups excluding carboxylic acids is 1. The Kier molecular flexibility index (Phi) is 8.19. The van der Waals surface area contributed by atoms with Crippen molar-refractivity contribution < 1.29 is 14.6 Å². The van der Waals surface area contributed by atoms with Crippen molar-refractivity contribution in [1.29, 1.82) is 0 Å². The summed E-state index contributed by atoms with van der Waals surface area (Å²) in [5, 5.41) is 17.0. The molecular formula is C24H27Cl2N5O3. The number of carbonyl (C=O) groups is 1. The summed E-state index contributed by atoms with van der Waals surface area (Å²) in [6, 6.07) is 13.1. The number of halogens is 2. The van der Waals surface area contributed by atoms with Gasteiger partial charge in [-0.1, -0.05) is 35.3 Å². The van der Waals surface area contributed by atoms with Crippen LogP contribution in [0.2, 0.25) is 10.0 Å². The van der Waals surface area contributed by atoms with Crippen molar-refractivity contribution in [2.24, 2.45) is 0 Å². The van der Waals surface area contributed by atoms with Gasteiger partial charge in [0.25, 0.3) is 0 Å². The number of ether oxygens (including phenoxy) is 1. The van der Waals surface area contributed by atoms with Crippen LogP contribution < -0.4 is 20.3 Å². The third-order valence-corrected chi connectivity index (χ3v) is 6.13. The zero-order chi connectivity index (χ0) is 24.9. The van der Waals surface area contributed by atoms with Crippen molar-refractivity contribution in [3.63, 3.8) is 0 Å². The second-order valence-electron chi connectivity index (χ2n) is 8.16. The molecule has 0 radical (unpaired) electrons. The Morgan fingerprint density at radius 1 is 1.18 bits per heavy atom. The molecule has 0 bridgehead atoms. The molecule has 2 aromatic carbocycles. The molecule has 34 heavy (non-hydrogen) atoms. The number of hydrogen-bond donors (Lipinski definition) is 3. The van der Waals surface area contributed by atoms with Crippen LogP contribution in [-0.4, -0.2) is 39.9 Å². The van der Waals surface area contributed by atoms with E-state index in [2.05, 4.69) is 20.6 Å². The van der Waals surface area contributed by atoms with Crippen LogP contribution in [0.1, 0.15) is 26.3 Å². The smallest absolute Gasteiger partial charge is 0.327 e. The molecule has 0 saturated carbocycles. The van der Waals surface area contributed by atoms with Crippen molar-refractivity contribution in [1.82, 2.24) is 15.3 Å². The summed E-state index contributed by atoms with van der Waals surface area (Å²) in [5.41, 5.74) is 0.250. The summed E-state index contributed by atoms with van der Waals surface area (Å²) >= 11 is 12.4. The van der Waals surface area contributed by atoms with Crippen molar-refractivity contribution >= 4 is 46.7 Å². The molecule has 10 heteroatoms. The first-order valence-electron chi connectivity index (χ1n) is 10.6. The van der Waals surface area contributed by atoms with E-state index in [0.29, 0.717) is 32.9 Å². The first kappa shape index (κ1) is 25.6. The summed E-state index contributed by atoms with van der Waals surface area (Å²) in [5.74, 6) is 1.26. The van der Waals surface area contributed by atoms with Gasteiger partial charge in [0.15, 0.2) is 0 Å². The van der Waals surface area contributed by atoms with E-state index in [1.165, 1.54) is 4.90 Å². The van der Waals surface area contributed by atoms with Crippen LogP contribution in [0.25, 0.3) is 0 Å². The number of amides is 2. The highest BCUT2D eigenvalue weighted by molar-refractivity contribution is 6.42. The van der Waals surface area contributed by atoms with Gasteiger partial charge in [0.2, 0.25) is 5.95 Å². The Morgan fingerprint density at radius 2 is 1.88 bits per heavy atom. The number of methoxy groups -OCH3 is 1. The lowest BCUT2D eigenvalue weighted by atomic mass is 10.0. The number of nitrogens with one attached hydrogen (secondary N) is 2. The molecule has 0 saturated heterocycles. The Bertz CT molecular complexity index is 1140. The molecule has 3 rings (SSSR count). The van der Waals surface area contributed by atoms with Crippen molar-refractivity contribution in [2.45, 2.75) is 39.0 Å². The van der Waals surface area contributed by atoms with Gasteiger partial charge < -0.3 is 20.5 Å². The maximum Gasteiger partial charge on any atom is 0.327 e. The average molecular weight is 504 g/mol. The van der Waals surface area contributed by atoms with Crippen LogP contribution in [0.5, 0.6) is 5.75 Å². The fourth-order valence-corrected chi connectivity index (χ4v) is 3.32. The zero-order valence-electron chi connectivity index (χ0n) is 19.3. The van der Waals surface area contributed by atoms with Crippen molar-refractivity contribution in [3.8, 4) is 5.75 Å². The predicted octanol–water partition coefficient (Wildman–Crippen LogP) is 5.41. The first-order chi connectivity index (χ1) is 16.1. The summed E-state index contributed by atoms with van der Waals surface area (Å²) in [6.07, 6.45) is 1.54. The monoisotopic (exact) mass is 503 g/mol. The fourth-order valence-electron chi connectivity index (χ4n) is 2.93. The summed E-state index contributed by atoms with van der Waals surface area (Å²) in [6.45, 7) is 5.36. The van der Waals surface area contributed by atoms with Crippen LogP contribution in [-0.2, 0) is 6.54 Å². The second kappa shape index (κ2) is 10.9. The van der Waals surface area contributed by atoms with E-state index < -0.39 is 11.6 Å². The largest absolute Gasteiger partial charge is 0.497 e. The minimum atomic E-state index is -0.997. The van der Waals surface area contributed by atoms with E-state index in [9.17, 15) is 9.90 Å². The number of hydrogen-bond acceptors (Lipinski definition) is 6. The van der Waals surface area contributed by atoms with E-state index in [1.54, 1.807) is 75.7 Å². The average Bonchev–Trinajstić information content (AvgIpc) is 2.80. The Morgan fingerprint density at radius 3 is 2.53 bits per heavy atom. The number of rotatable bonds is 8. The highest BCUT2D eigenvalue weighted by atomic mass is 35.5. The highest BCUT2D eigenvalue weighted by Crippen LogP contribution is 2.28. The maximum absolute atomic E-state index is 13.3. The third kappa shape index (κ3) is 6.28. The number of anilines is 3. The van der Waals surface area contributed by atoms with Crippen molar-refractivity contribution in [3.05, 3.63) is 70.3 Å². The topological polar surface area (TPSA) is 99.6 Å². The van der Waals surface area contributed by atoms with E-state index in [-0.39, 0.29) is 18.5 Å². The quantitative estimate of drug-likeness (QED) is 0.379. The molecule has 3 aromatic rings. The fraction of sp³-hybridized carbons (Fsp3) is 0.292. The van der Waals surface area contributed by atoms with Gasteiger partial charge in [-0.05, 0) is 56.7 Å². The lowest BCUT2D eigenvalue weighted by Gasteiger charge is -2.27. The van der Waals surface area contributed by atoms with Crippen molar-refractivity contribution in [2.75, 3.05) is 17.3 Å². The zero-order valence-corrected chi connectivity index (χ0v) is 20.9. The Balaban J connectivity index is 1.91. The van der Waals surface area contributed by atoms with Gasteiger partial charge in [-0.25, -0.2) is 14.7 Å². The molecule has 1 heterocycles. The predicted molar refractivity (Wildman–Crippen MR) is 135 cm³/mol. The van der Waals surface area contributed by atoms with E-state index in [0.717, 1.165) is 0 Å². The van der Waals surface area contributed by atoms with Gasteiger partial charge in [-0.3, -0.25) is 0 Å². The summed E-state index contributed by atoms with van der Waals surface area (Å²) in [4.78, 5) is 23.5. The molecule has 0 unspecified atom stereocenters. The molecule has 3 N–H and O–H groups in total. The van der Waals surface area contributed by atoms with Crippen LogP contribution in [0, 0.1) is 0 Å².